The first-order valence-corrected chi connectivity index (χ1v) is 7.03. The average Bonchev–Trinajstić information content (AvgIpc) is 2.37. The highest BCUT2D eigenvalue weighted by Crippen LogP contribution is 2.33. The van der Waals surface area contributed by atoms with Gasteiger partial charge < -0.3 is 5.11 Å². The molecular weight excluding hydrogens is 260 g/mol. The molecule has 1 N–H and O–H groups in total. The predicted octanol–water partition coefficient (Wildman–Crippen LogP) is 5.01. The van der Waals surface area contributed by atoms with E-state index in [1.165, 1.54) is 5.56 Å². The molecule has 2 nitrogen and oxygen atoms in total. The molecule has 0 aliphatic heterocycles. The van der Waals surface area contributed by atoms with Gasteiger partial charge in [-0.3, -0.25) is 0 Å². The highest BCUT2D eigenvalue weighted by atomic mass is 16.4. The standard InChI is InChI=1S/C19H20O2/c1-5-7-15-8-6-9-16(18(15)19(20)21)17-13(3)10-12(2)11-14(17)4/h5-11H,1-4H3,(H,20,21)/b7-5+. The van der Waals surface area contributed by atoms with Gasteiger partial charge in [-0.1, -0.05) is 48.0 Å². The van der Waals surface area contributed by atoms with Crippen LogP contribution in [-0.4, -0.2) is 11.1 Å². The number of aryl methyl sites for hydroxylation is 3. The summed E-state index contributed by atoms with van der Waals surface area (Å²) < 4.78 is 0. The molecule has 0 amide bonds. The zero-order valence-electron chi connectivity index (χ0n) is 12.9. The van der Waals surface area contributed by atoms with Gasteiger partial charge in [-0.25, -0.2) is 4.79 Å². The number of hydrogen-bond acceptors (Lipinski definition) is 1. The average molecular weight is 280 g/mol. The molecular formula is C19H20O2. The first-order valence-electron chi connectivity index (χ1n) is 7.03. The van der Waals surface area contributed by atoms with Crippen LogP contribution < -0.4 is 0 Å². The normalized spacial score (nSPS) is 11.0. The Labute approximate surface area is 125 Å². The van der Waals surface area contributed by atoms with Crippen LogP contribution in [0.1, 0.15) is 39.5 Å². The van der Waals surface area contributed by atoms with Crippen LogP contribution in [0.3, 0.4) is 0 Å². The van der Waals surface area contributed by atoms with Crippen LogP contribution in [0.25, 0.3) is 17.2 Å². The predicted molar refractivity (Wildman–Crippen MR) is 87.8 cm³/mol. The Kier molecular flexibility index (Phi) is 4.27. The van der Waals surface area contributed by atoms with Crippen molar-refractivity contribution in [2.75, 3.05) is 0 Å². The largest absolute Gasteiger partial charge is 0.478 e. The molecule has 0 aliphatic carbocycles. The number of allylic oxidation sites excluding steroid dienone is 1. The van der Waals surface area contributed by atoms with Crippen molar-refractivity contribution in [2.24, 2.45) is 0 Å². The van der Waals surface area contributed by atoms with E-state index in [0.29, 0.717) is 5.56 Å². The van der Waals surface area contributed by atoms with Crippen molar-refractivity contribution in [3.8, 4) is 11.1 Å². The van der Waals surface area contributed by atoms with E-state index >= 15 is 0 Å². The molecule has 0 saturated carbocycles. The fraction of sp³-hybridized carbons (Fsp3) is 0.211. The van der Waals surface area contributed by atoms with Gasteiger partial charge in [0.2, 0.25) is 0 Å². The summed E-state index contributed by atoms with van der Waals surface area (Å²) in [5.41, 5.74) is 6.31. The molecule has 2 heteroatoms. The van der Waals surface area contributed by atoms with Crippen LogP contribution in [0.4, 0.5) is 0 Å². The number of benzene rings is 2. The summed E-state index contributed by atoms with van der Waals surface area (Å²) in [6.07, 6.45) is 3.70. The second-order valence-corrected chi connectivity index (χ2v) is 5.35. The number of rotatable bonds is 3. The zero-order chi connectivity index (χ0) is 15.6. The second kappa shape index (κ2) is 5.96. The van der Waals surface area contributed by atoms with Crippen molar-refractivity contribution in [1.29, 1.82) is 0 Å². The lowest BCUT2D eigenvalue weighted by Crippen LogP contribution is -2.04. The van der Waals surface area contributed by atoms with Gasteiger partial charge in [-0.2, -0.15) is 0 Å². The highest BCUT2D eigenvalue weighted by Gasteiger charge is 2.18. The van der Waals surface area contributed by atoms with E-state index in [2.05, 4.69) is 19.1 Å². The van der Waals surface area contributed by atoms with Gasteiger partial charge in [0.15, 0.2) is 0 Å². The number of carbonyl (C=O) groups is 1. The minimum atomic E-state index is -0.891. The Morgan fingerprint density at radius 3 is 2.24 bits per heavy atom. The second-order valence-electron chi connectivity index (χ2n) is 5.35. The molecule has 0 heterocycles. The molecule has 0 atom stereocenters. The zero-order valence-corrected chi connectivity index (χ0v) is 12.9. The van der Waals surface area contributed by atoms with Gasteiger partial charge >= 0.3 is 5.97 Å². The van der Waals surface area contributed by atoms with Crippen LogP contribution >= 0.6 is 0 Å². The third-order valence-corrected chi connectivity index (χ3v) is 3.60. The SMILES string of the molecule is C/C=C/c1cccc(-c2c(C)cc(C)cc2C)c1C(=O)O. The lowest BCUT2D eigenvalue weighted by molar-refractivity contribution is 0.0697. The molecule has 0 aliphatic rings. The summed E-state index contributed by atoms with van der Waals surface area (Å²) in [7, 11) is 0. The molecule has 2 aromatic carbocycles. The van der Waals surface area contributed by atoms with Crippen LogP contribution in [0, 0.1) is 20.8 Å². The third-order valence-electron chi connectivity index (χ3n) is 3.60. The Morgan fingerprint density at radius 1 is 1.10 bits per heavy atom. The van der Waals surface area contributed by atoms with Gasteiger partial charge in [0.25, 0.3) is 0 Å². The topological polar surface area (TPSA) is 37.3 Å². The van der Waals surface area contributed by atoms with E-state index in [4.69, 9.17) is 0 Å². The minimum absolute atomic E-state index is 0.366. The van der Waals surface area contributed by atoms with E-state index in [1.54, 1.807) is 0 Å². The molecule has 21 heavy (non-hydrogen) atoms. The molecule has 0 spiro atoms. The molecule has 108 valence electrons. The summed E-state index contributed by atoms with van der Waals surface area (Å²) in [4.78, 5) is 11.7. The molecule has 0 aromatic heterocycles. The summed E-state index contributed by atoms with van der Waals surface area (Å²) in [5.74, 6) is -0.891. The van der Waals surface area contributed by atoms with E-state index in [1.807, 2.05) is 51.1 Å². The monoisotopic (exact) mass is 280 g/mol. The van der Waals surface area contributed by atoms with Crippen molar-refractivity contribution in [1.82, 2.24) is 0 Å². The van der Waals surface area contributed by atoms with Gasteiger partial charge in [0.1, 0.15) is 0 Å². The van der Waals surface area contributed by atoms with Gasteiger partial charge in [-0.15, -0.1) is 0 Å². The Balaban J connectivity index is 2.82. The summed E-state index contributed by atoms with van der Waals surface area (Å²) in [6, 6.07) is 9.83. The van der Waals surface area contributed by atoms with Gasteiger partial charge in [-0.05, 0) is 55.5 Å². The quantitative estimate of drug-likeness (QED) is 0.858. The summed E-state index contributed by atoms with van der Waals surface area (Å²) >= 11 is 0. The minimum Gasteiger partial charge on any atom is -0.478 e. The first kappa shape index (κ1) is 15.0. The van der Waals surface area contributed by atoms with Crippen molar-refractivity contribution < 1.29 is 9.90 Å². The number of hydrogen-bond donors (Lipinski definition) is 1. The highest BCUT2D eigenvalue weighted by molar-refractivity contribution is 6.00. The van der Waals surface area contributed by atoms with Crippen LogP contribution in [-0.2, 0) is 0 Å². The third kappa shape index (κ3) is 2.89. The Morgan fingerprint density at radius 2 is 1.71 bits per heavy atom. The summed E-state index contributed by atoms with van der Waals surface area (Å²) in [5, 5.41) is 9.64. The molecule has 2 aromatic rings. The van der Waals surface area contributed by atoms with Gasteiger partial charge in [0, 0.05) is 0 Å². The fourth-order valence-electron chi connectivity index (χ4n) is 2.94. The van der Waals surface area contributed by atoms with E-state index in [-0.39, 0.29) is 0 Å². The molecule has 0 radical (unpaired) electrons. The molecule has 0 unspecified atom stereocenters. The molecule has 2 rings (SSSR count). The molecule has 0 saturated heterocycles. The van der Waals surface area contributed by atoms with Crippen molar-refractivity contribution >= 4 is 12.0 Å². The lowest BCUT2D eigenvalue weighted by atomic mass is 9.89. The Bertz CT molecular complexity index is 701. The van der Waals surface area contributed by atoms with E-state index in [0.717, 1.165) is 27.8 Å². The Hall–Kier alpha value is -2.35. The fourth-order valence-corrected chi connectivity index (χ4v) is 2.94. The smallest absolute Gasteiger partial charge is 0.336 e. The first-order chi connectivity index (χ1) is 9.95. The number of aromatic carboxylic acids is 1. The maximum Gasteiger partial charge on any atom is 0.336 e. The van der Waals surface area contributed by atoms with Crippen molar-refractivity contribution in [3.05, 3.63) is 64.2 Å². The number of carboxylic acids is 1. The van der Waals surface area contributed by atoms with Crippen LogP contribution in [0.2, 0.25) is 0 Å². The van der Waals surface area contributed by atoms with Crippen LogP contribution in [0.15, 0.2) is 36.4 Å². The molecule has 0 bridgehead atoms. The summed E-state index contributed by atoms with van der Waals surface area (Å²) in [6.45, 7) is 8.01. The lowest BCUT2D eigenvalue weighted by Gasteiger charge is -2.15. The van der Waals surface area contributed by atoms with E-state index < -0.39 is 5.97 Å². The maximum atomic E-state index is 11.7. The van der Waals surface area contributed by atoms with Crippen LogP contribution in [0.5, 0.6) is 0 Å². The van der Waals surface area contributed by atoms with Gasteiger partial charge in [0.05, 0.1) is 5.56 Å². The number of carboxylic acid groups (broad SMARTS) is 1. The van der Waals surface area contributed by atoms with Crippen molar-refractivity contribution in [2.45, 2.75) is 27.7 Å². The maximum absolute atomic E-state index is 11.7. The van der Waals surface area contributed by atoms with Crippen molar-refractivity contribution in [3.63, 3.8) is 0 Å². The van der Waals surface area contributed by atoms with E-state index in [9.17, 15) is 9.90 Å². The molecule has 0 fully saturated rings.